The van der Waals surface area contributed by atoms with Crippen LogP contribution in [0, 0.1) is 5.41 Å². The maximum Gasteiger partial charge on any atom is 0.246 e. The van der Waals surface area contributed by atoms with Crippen LogP contribution in [0.15, 0.2) is 12.2 Å². The van der Waals surface area contributed by atoms with E-state index in [1.165, 1.54) is 0 Å². The Kier molecular flexibility index (Phi) is 4.01. The summed E-state index contributed by atoms with van der Waals surface area (Å²) < 4.78 is 0. The summed E-state index contributed by atoms with van der Waals surface area (Å²) in [5.74, 6) is 0.110. The summed E-state index contributed by atoms with van der Waals surface area (Å²) in [6.07, 6.45) is 3.61. The van der Waals surface area contributed by atoms with Crippen molar-refractivity contribution < 1.29 is 4.79 Å². The van der Waals surface area contributed by atoms with Crippen molar-refractivity contribution in [1.82, 2.24) is 4.90 Å². The molecule has 1 aliphatic rings. The third kappa shape index (κ3) is 3.07. The van der Waals surface area contributed by atoms with Crippen LogP contribution in [0.4, 0.5) is 0 Å². The molecule has 0 N–H and O–H groups in total. The Labute approximate surface area is 75.3 Å². The SMILES string of the molecule is CC.CN1CC(C)(C)C=CC1=O. The first kappa shape index (κ1) is 11.2. The predicted molar refractivity (Wildman–Crippen MR) is 51.9 cm³/mol. The van der Waals surface area contributed by atoms with E-state index in [9.17, 15) is 4.79 Å². The summed E-state index contributed by atoms with van der Waals surface area (Å²) >= 11 is 0. The monoisotopic (exact) mass is 169 g/mol. The number of nitrogens with zero attached hydrogens (tertiary/aromatic N) is 1. The molecule has 0 aromatic heterocycles. The molecule has 1 rings (SSSR count). The molecular weight excluding hydrogens is 150 g/mol. The predicted octanol–water partition coefficient (Wildman–Crippen LogP) is 2.07. The van der Waals surface area contributed by atoms with Crippen LogP contribution in [-0.4, -0.2) is 24.4 Å². The minimum atomic E-state index is 0.110. The first-order valence-corrected chi connectivity index (χ1v) is 4.46. The summed E-state index contributed by atoms with van der Waals surface area (Å²) in [5.41, 5.74) is 0.155. The van der Waals surface area contributed by atoms with Crippen molar-refractivity contribution in [3.63, 3.8) is 0 Å². The molecule has 1 amide bonds. The highest BCUT2D eigenvalue weighted by molar-refractivity contribution is 5.88. The number of likely N-dealkylation sites (N-methyl/N-ethyl adjacent to an activating group) is 1. The van der Waals surface area contributed by atoms with Crippen LogP contribution in [0.1, 0.15) is 27.7 Å². The number of amides is 1. The molecule has 0 aromatic carbocycles. The molecule has 2 nitrogen and oxygen atoms in total. The van der Waals surface area contributed by atoms with Crippen LogP contribution < -0.4 is 0 Å². The summed E-state index contributed by atoms with van der Waals surface area (Å²) in [5, 5.41) is 0. The van der Waals surface area contributed by atoms with E-state index < -0.39 is 0 Å². The van der Waals surface area contributed by atoms with Crippen molar-refractivity contribution in [3.05, 3.63) is 12.2 Å². The Morgan fingerprint density at radius 1 is 1.42 bits per heavy atom. The zero-order chi connectivity index (χ0) is 9.78. The molecule has 12 heavy (non-hydrogen) atoms. The number of hydrogen-bond acceptors (Lipinski definition) is 1. The quantitative estimate of drug-likeness (QED) is 0.543. The fraction of sp³-hybridized carbons (Fsp3) is 0.700. The molecule has 0 unspecified atom stereocenters. The van der Waals surface area contributed by atoms with E-state index in [0.29, 0.717) is 0 Å². The average Bonchev–Trinajstić information content (AvgIpc) is 2.01. The molecular formula is C10H19NO. The fourth-order valence-corrected chi connectivity index (χ4v) is 1.17. The average molecular weight is 169 g/mol. The van der Waals surface area contributed by atoms with Gasteiger partial charge in [0.15, 0.2) is 0 Å². The Morgan fingerprint density at radius 3 is 2.25 bits per heavy atom. The van der Waals surface area contributed by atoms with Crippen LogP contribution in [0.5, 0.6) is 0 Å². The molecule has 0 aromatic rings. The van der Waals surface area contributed by atoms with E-state index in [2.05, 4.69) is 13.8 Å². The maximum atomic E-state index is 10.9. The first-order valence-electron chi connectivity index (χ1n) is 4.46. The topological polar surface area (TPSA) is 20.3 Å². The van der Waals surface area contributed by atoms with Gasteiger partial charge < -0.3 is 4.90 Å². The highest BCUT2D eigenvalue weighted by Crippen LogP contribution is 2.21. The third-order valence-electron chi connectivity index (χ3n) is 1.70. The number of carbonyl (C=O) groups excluding carboxylic acids is 1. The van der Waals surface area contributed by atoms with Crippen molar-refractivity contribution in [2.45, 2.75) is 27.7 Å². The van der Waals surface area contributed by atoms with Gasteiger partial charge >= 0.3 is 0 Å². The summed E-state index contributed by atoms with van der Waals surface area (Å²) in [7, 11) is 1.83. The molecule has 0 atom stereocenters. The van der Waals surface area contributed by atoms with E-state index in [4.69, 9.17) is 0 Å². The van der Waals surface area contributed by atoms with E-state index in [1.54, 1.807) is 11.0 Å². The van der Waals surface area contributed by atoms with Crippen molar-refractivity contribution >= 4 is 5.91 Å². The Morgan fingerprint density at radius 2 is 1.92 bits per heavy atom. The number of rotatable bonds is 0. The van der Waals surface area contributed by atoms with Gasteiger partial charge in [0.05, 0.1) is 0 Å². The van der Waals surface area contributed by atoms with E-state index in [0.717, 1.165) is 6.54 Å². The molecule has 0 fully saturated rings. The minimum absolute atomic E-state index is 0.110. The van der Waals surface area contributed by atoms with Gasteiger partial charge in [-0.25, -0.2) is 0 Å². The lowest BCUT2D eigenvalue weighted by Gasteiger charge is -2.30. The van der Waals surface area contributed by atoms with Gasteiger partial charge in [-0.3, -0.25) is 4.79 Å². The van der Waals surface area contributed by atoms with Gasteiger partial charge in [-0.15, -0.1) is 0 Å². The molecule has 0 bridgehead atoms. The Hall–Kier alpha value is -0.790. The van der Waals surface area contributed by atoms with Gasteiger partial charge in [-0.1, -0.05) is 33.8 Å². The summed E-state index contributed by atoms with van der Waals surface area (Å²) in [6.45, 7) is 9.06. The molecule has 0 aliphatic carbocycles. The second kappa shape index (κ2) is 4.29. The molecule has 0 saturated carbocycles. The fourth-order valence-electron chi connectivity index (χ4n) is 1.17. The minimum Gasteiger partial charge on any atom is -0.341 e. The molecule has 2 heteroatoms. The summed E-state index contributed by atoms with van der Waals surface area (Å²) in [4.78, 5) is 12.7. The number of hydrogen-bond donors (Lipinski definition) is 0. The Balaban J connectivity index is 0.000000561. The van der Waals surface area contributed by atoms with Gasteiger partial charge in [0.1, 0.15) is 0 Å². The molecule has 0 saturated heterocycles. The van der Waals surface area contributed by atoms with Gasteiger partial charge in [0, 0.05) is 19.0 Å². The highest BCUT2D eigenvalue weighted by Gasteiger charge is 2.23. The zero-order valence-corrected chi connectivity index (χ0v) is 8.72. The summed E-state index contributed by atoms with van der Waals surface area (Å²) in [6, 6.07) is 0. The van der Waals surface area contributed by atoms with Crippen molar-refractivity contribution in [3.8, 4) is 0 Å². The van der Waals surface area contributed by atoms with Gasteiger partial charge in [0.25, 0.3) is 0 Å². The zero-order valence-electron chi connectivity index (χ0n) is 8.72. The molecule has 0 spiro atoms. The molecule has 1 heterocycles. The van der Waals surface area contributed by atoms with E-state index in [1.807, 2.05) is 27.0 Å². The normalized spacial score (nSPS) is 20.1. The van der Waals surface area contributed by atoms with Crippen molar-refractivity contribution in [2.24, 2.45) is 5.41 Å². The van der Waals surface area contributed by atoms with E-state index in [-0.39, 0.29) is 11.3 Å². The van der Waals surface area contributed by atoms with Gasteiger partial charge in [0.2, 0.25) is 5.91 Å². The van der Waals surface area contributed by atoms with Gasteiger partial charge in [-0.05, 0) is 6.08 Å². The number of carbonyl (C=O) groups is 1. The second-order valence-electron chi connectivity index (χ2n) is 3.52. The van der Waals surface area contributed by atoms with E-state index >= 15 is 0 Å². The van der Waals surface area contributed by atoms with Crippen LogP contribution >= 0.6 is 0 Å². The lowest BCUT2D eigenvalue weighted by molar-refractivity contribution is -0.126. The van der Waals surface area contributed by atoms with Crippen LogP contribution in [0.25, 0.3) is 0 Å². The molecule has 70 valence electrons. The highest BCUT2D eigenvalue weighted by atomic mass is 16.2. The first-order chi connectivity index (χ1) is 5.51. The van der Waals surface area contributed by atoms with Crippen LogP contribution in [0.3, 0.4) is 0 Å². The van der Waals surface area contributed by atoms with Gasteiger partial charge in [-0.2, -0.15) is 0 Å². The van der Waals surface area contributed by atoms with Crippen molar-refractivity contribution in [1.29, 1.82) is 0 Å². The van der Waals surface area contributed by atoms with Crippen LogP contribution in [-0.2, 0) is 4.79 Å². The smallest absolute Gasteiger partial charge is 0.246 e. The maximum absolute atomic E-state index is 10.9. The molecule has 1 aliphatic heterocycles. The molecule has 0 radical (unpaired) electrons. The largest absolute Gasteiger partial charge is 0.341 e. The standard InChI is InChI=1S/C8H13NO.C2H6/c1-8(2)5-4-7(10)9(3)6-8;1-2/h4-5H,6H2,1-3H3;1-2H3. The lowest BCUT2D eigenvalue weighted by Crippen LogP contribution is -2.37. The van der Waals surface area contributed by atoms with Crippen LogP contribution in [0.2, 0.25) is 0 Å². The Bertz CT molecular complexity index is 182. The third-order valence-corrected chi connectivity index (χ3v) is 1.70. The van der Waals surface area contributed by atoms with Crippen molar-refractivity contribution in [2.75, 3.05) is 13.6 Å². The second-order valence-corrected chi connectivity index (χ2v) is 3.52. The lowest BCUT2D eigenvalue weighted by atomic mass is 9.90.